The summed E-state index contributed by atoms with van der Waals surface area (Å²) in [5, 5.41) is 21.3. The number of carbonyl (C=O) groups is 2. The summed E-state index contributed by atoms with van der Waals surface area (Å²) >= 11 is 0. The van der Waals surface area contributed by atoms with Crippen LogP contribution in [0.25, 0.3) is 10.9 Å². The van der Waals surface area contributed by atoms with Crippen LogP contribution in [0.3, 0.4) is 0 Å². The molecular formula is C36H40FN5O4. The molecule has 4 aromatic rings. The molecule has 1 aromatic heterocycles. The van der Waals surface area contributed by atoms with E-state index in [1.54, 1.807) is 34.8 Å². The molecule has 4 atom stereocenters. The number of halogens is 1. The summed E-state index contributed by atoms with van der Waals surface area (Å²) in [6.07, 6.45) is 6.98. The number of amides is 2. The van der Waals surface area contributed by atoms with Gasteiger partial charge in [-0.15, -0.1) is 0 Å². The van der Waals surface area contributed by atoms with Crippen molar-refractivity contribution in [2.45, 2.75) is 63.7 Å². The van der Waals surface area contributed by atoms with Gasteiger partial charge in [0.25, 0.3) is 5.91 Å². The maximum Gasteiger partial charge on any atom is 0.257 e. The summed E-state index contributed by atoms with van der Waals surface area (Å²) in [4.78, 5) is 30.5. The van der Waals surface area contributed by atoms with Gasteiger partial charge in [-0.05, 0) is 73.7 Å². The molecule has 2 saturated heterocycles. The first-order chi connectivity index (χ1) is 22.4. The molecule has 3 N–H and O–H groups in total. The number of ether oxygens (including phenoxy) is 1. The Morgan fingerprint density at radius 3 is 2.59 bits per heavy atom. The Bertz CT molecular complexity index is 1710. The Morgan fingerprint density at radius 2 is 1.83 bits per heavy atom. The second-order valence-electron chi connectivity index (χ2n) is 12.9. The molecule has 240 valence electrons. The Morgan fingerprint density at radius 1 is 1.04 bits per heavy atom. The van der Waals surface area contributed by atoms with Gasteiger partial charge >= 0.3 is 0 Å². The van der Waals surface area contributed by atoms with Crippen molar-refractivity contribution in [2.24, 2.45) is 11.8 Å². The lowest BCUT2D eigenvalue weighted by Gasteiger charge is -2.47. The number of hydrogen-bond acceptors (Lipinski definition) is 6. The molecule has 7 rings (SSSR count). The van der Waals surface area contributed by atoms with E-state index in [9.17, 15) is 14.7 Å². The monoisotopic (exact) mass is 625 g/mol. The second kappa shape index (κ2) is 12.8. The van der Waals surface area contributed by atoms with Crippen molar-refractivity contribution in [3.63, 3.8) is 0 Å². The van der Waals surface area contributed by atoms with E-state index in [1.165, 1.54) is 18.9 Å². The van der Waals surface area contributed by atoms with E-state index in [4.69, 9.17) is 4.74 Å². The van der Waals surface area contributed by atoms with Gasteiger partial charge in [-0.25, -0.2) is 4.39 Å². The van der Waals surface area contributed by atoms with Gasteiger partial charge in [-0.2, -0.15) is 5.10 Å². The zero-order valence-corrected chi connectivity index (χ0v) is 26.0. The van der Waals surface area contributed by atoms with Crippen molar-refractivity contribution >= 4 is 34.1 Å². The highest BCUT2D eigenvalue weighted by Gasteiger charge is 2.51. The SMILES string of the molecule is Cc1cccc(F)c1C(=O)N1C2COCC2CC(C(=O)Nc2ccc3c(cnn3CCO)c2)C1c1ccc(NC2CCCC2)cc1. The van der Waals surface area contributed by atoms with Gasteiger partial charge in [0, 0.05) is 28.7 Å². The van der Waals surface area contributed by atoms with Crippen LogP contribution in [-0.2, 0) is 16.1 Å². The molecule has 2 aliphatic heterocycles. The van der Waals surface area contributed by atoms with Crippen molar-refractivity contribution in [2.75, 3.05) is 30.5 Å². The molecule has 10 heteroatoms. The normalized spacial score (nSPS) is 23.1. The molecule has 0 spiro atoms. The number of benzene rings is 3. The summed E-state index contributed by atoms with van der Waals surface area (Å²) in [7, 11) is 0. The summed E-state index contributed by atoms with van der Waals surface area (Å²) in [6, 6.07) is 17.8. The lowest BCUT2D eigenvalue weighted by Crippen LogP contribution is -2.55. The van der Waals surface area contributed by atoms with Crippen LogP contribution in [0.15, 0.2) is 66.9 Å². The third-order valence-electron chi connectivity index (χ3n) is 9.97. The van der Waals surface area contributed by atoms with Gasteiger partial charge in [0.05, 0.1) is 61.6 Å². The number of aliphatic hydroxyl groups is 1. The fraction of sp³-hybridized carbons (Fsp3) is 0.417. The van der Waals surface area contributed by atoms with Crippen LogP contribution in [0.2, 0.25) is 0 Å². The largest absolute Gasteiger partial charge is 0.394 e. The topological polar surface area (TPSA) is 109 Å². The first kappa shape index (κ1) is 30.4. The third-order valence-corrected chi connectivity index (χ3v) is 9.97. The van der Waals surface area contributed by atoms with Crippen molar-refractivity contribution in [3.05, 3.63) is 89.4 Å². The Kier molecular flexibility index (Phi) is 8.48. The number of aryl methyl sites for hydroxylation is 1. The minimum Gasteiger partial charge on any atom is -0.394 e. The zero-order valence-electron chi connectivity index (χ0n) is 26.0. The Balaban J connectivity index is 1.25. The fourth-order valence-electron chi connectivity index (χ4n) is 7.68. The molecule has 0 bridgehead atoms. The number of fused-ring (bicyclic) bond motifs is 2. The second-order valence-corrected chi connectivity index (χ2v) is 12.9. The van der Waals surface area contributed by atoms with Gasteiger partial charge in [0.2, 0.25) is 5.91 Å². The van der Waals surface area contributed by atoms with Crippen LogP contribution in [0.4, 0.5) is 15.8 Å². The van der Waals surface area contributed by atoms with Crippen LogP contribution in [0, 0.1) is 24.6 Å². The third kappa shape index (κ3) is 5.76. The lowest BCUT2D eigenvalue weighted by atomic mass is 9.76. The minimum atomic E-state index is -0.633. The van der Waals surface area contributed by atoms with E-state index in [0.29, 0.717) is 43.5 Å². The number of likely N-dealkylation sites (tertiary alicyclic amines) is 1. The van der Waals surface area contributed by atoms with E-state index in [-0.39, 0.29) is 30.0 Å². The molecular weight excluding hydrogens is 585 g/mol. The number of nitrogens with zero attached hydrogens (tertiary/aromatic N) is 3. The molecule has 1 aliphatic carbocycles. The van der Waals surface area contributed by atoms with Crippen LogP contribution < -0.4 is 10.6 Å². The molecule has 0 radical (unpaired) electrons. The highest BCUT2D eigenvalue weighted by Crippen LogP contribution is 2.46. The van der Waals surface area contributed by atoms with E-state index in [0.717, 1.165) is 35.0 Å². The minimum absolute atomic E-state index is 0.0243. The Hall–Kier alpha value is -4.28. The fourth-order valence-corrected chi connectivity index (χ4v) is 7.68. The smallest absolute Gasteiger partial charge is 0.257 e. The van der Waals surface area contributed by atoms with Gasteiger partial charge < -0.3 is 25.4 Å². The molecule has 3 aromatic carbocycles. The number of hydrogen-bond donors (Lipinski definition) is 3. The summed E-state index contributed by atoms with van der Waals surface area (Å²) < 4.78 is 22.9. The number of piperidine rings is 1. The van der Waals surface area contributed by atoms with Crippen LogP contribution >= 0.6 is 0 Å². The van der Waals surface area contributed by atoms with E-state index >= 15 is 4.39 Å². The van der Waals surface area contributed by atoms with Crippen LogP contribution in [0.1, 0.15) is 59.6 Å². The molecule has 1 saturated carbocycles. The number of aromatic nitrogens is 2. The van der Waals surface area contributed by atoms with Crippen molar-refractivity contribution in [1.82, 2.24) is 14.7 Å². The molecule has 4 unspecified atom stereocenters. The molecule has 9 nitrogen and oxygen atoms in total. The Labute approximate surface area is 267 Å². The quantitative estimate of drug-likeness (QED) is 0.232. The molecule has 2 amide bonds. The standard InChI is InChI=1S/C36H40FN5O4/c1-22-5-4-8-30(37)33(22)36(45)42-32-21-46-20-25(32)18-29(34(42)23-9-11-27(12-10-23)39-26-6-2-3-7-26)35(44)40-28-13-14-31-24(17-28)19-38-41(31)15-16-43/h4-5,8-14,17,19,25-26,29,32,34,39,43H,2-3,6-7,15-16,18,20-21H2,1H3,(H,40,44). The number of carbonyl (C=O) groups excluding carboxylic acids is 2. The molecule has 46 heavy (non-hydrogen) atoms. The first-order valence-corrected chi connectivity index (χ1v) is 16.3. The molecule has 3 heterocycles. The first-order valence-electron chi connectivity index (χ1n) is 16.3. The number of aliphatic hydroxyl groups excluding tert-OH is 1. The van der Waals surface area contributed by atoms with Gasteiger partial charge in [-0.3, -0.25) is 14.3 Å². The average Bonchev–Trinajstić information content (AvgIpc) is 3.82. The summed E-state index contributed by atoms with van der Waals surface area (Å²) in [6.45, 7) is 2.86. The zero-order chi connectivity index (χ0) is 31.8. The predicted molar refractivity (Wildman–Crippen MR) is 174 cm³/mol. The van der Waals surface area contributed by atoms with E-state index in [2.05, 4.69) is 15.7 Å². The summed E-state index contributed by atoms with van der Waals surface area (Å²) in [5.74, 6) is -1.89. The van der Waals surface area contributed by atoms with Crippen molar-refractivity contribution in [1.29, 1.82) is 0 Å². The maximum atomic E-state index is 15.3. The van der Waals surface area contributed by atoms with Gasteiger partial charge in [-0.1, -0.05) is 37.1 Å². The highest BCUT2D eigenvalue weighted by atomic mass is 19.1. The maximum absolute atomic E-state index is 15.3. The molecule has 3 fully saturated rings. The lowest BCUT2D eigenvalue weighted by molar-refractivity contribution is -0.124. The van der Waals surface area contributed by atoms with E-state index in [1.807, 2.05) is 42.5 Å². The van der Waals surface area contributed by atoms with Gasteiger partial charge in [0.1, 0.15) is 5.82 Å². The van der Waals surface area contributed by atoms with E-state index < -0.39 is 23.7 Å². The van der Waals surface area contributed by atoms with Crippen LogP contribution in [0.5, 0.6) is 0 Å². The molecule has 3 aliphatic rings. The number of anilines is 2. The summed E-state index contributed by atoms with van der Waals surface area (Å²) in [5.41, 5.74) is 3.89. The van der Waals surface area contributed by atoms with Crippen LogP contribution in [-0.4, -0.2) is 63.5 Å². The van der Waals surface area contributed by atoms with Gasteiger partial charge in [0.15, 0.2) is 0 Å². The average molecular weight is 626 g/mol. The van der Waals surface area contributed by atoms with Crippen molar-refractivity contribution < 1.29 is 23.8 Å². The predicted octanol–water partition coefficient (Wildman–Crippen LogP) is 5.69. The number of rotatable bonds is 8. The number of nitrogens with one attached hydrogen (secondary N) is 2. The highest BCUT2D eigenvalue weighted by molar-refractivity contribution is 5.99. The van der Waals surface area contributed by atoms with Crippen molar-refractivity contribution in [3.8, 4) is 0 Å².